The number of Topliss-reactive ketones (excluding diaryl/α,β-unsaturated/α-hetero) is 1. The third kappa shape index (κ3) is 1.10. The first-order chi connectivity index (χ1) is 4.61. The predicted octanol–water partition coefficient (Wildman–Crippen LogP) is 0.0723. The number of hydrogen-bond acceptors (Lipinski definition) is 3. The monoisotopic (exact) mass is 143 g/mol. The second-order valence-electron chi connectivity index (χ2n) is 2.34. The van der Waals surface area contributed by atoms with E-state index in [1.54, 1.807) is 6.92 Å². The molecule has 2 atom stereocenters. The minimum atomic E-state index is -0.507. The zero-order chi connectivity index (χ0) is 7.72. The van der Waals surface area contributed by atoms with E-state index in [2.05, 4.69) is 10.1 Å². The highest BCUT2D eigenvalue weighted by Crippen LogP contribution is 2.07. The summed E-state index contributed by atoms with van der Waals surface area (Å²) in [5.41, 5.74) is 0. The molecule has 1 amide bonds. The third-order valence-corrected chi connectivity index (χ3v) is 1.47. The molecule has 10 heavy (non-hydrogen) atoms. The first-order valence-electron chi connectivity index (χ1n) is 3.09. The van der Waals surface area contributed by atoms with Crippen LogP contribution < -0.4 is 5.32 Å². The zero-order valence-corrected chi connectivity index (χ0v) is 5.88. The quantitative estimate of drug-likeness (QED) is 0.565. The Kier molecular flexibility index (Phi) is 1.61. The summed E-state index contributed by atoms with van der Waals surface area (Å²) < 4.78 is 4.66. The Morgan fingerprint density at radius 3 is 2.50 bits per heavy atom. The van der Waals surface area contributed by atoms with Crippen LogP contribution in [-0.4, -0.2) is 24.0 Å². The molecule has 0 bridgehead atoms. The highest BCUT2D eigenvalue weighted by molar-refractivity contribution is 5.88. The minimum absolute atomic E-state index is 0.0710. The molecular formula is C6H9NO3. The van der Waals surface area contributed by atoms with Crippen molar-refractivity contribution in [2.75, 3.05) is 0 Å². The van der Waals surface area contributed by atoms with Gasteiger partial charge in [0.2, 0.25) is 0 Å². The molecule has 0 saturated carbocycles. The number of cyclic esters (lactones) is 1. The molecule has 4 heteroatoms. The van der Waals surface area contributed by atoms with Gasteiger partial charge in [-0.2, -0.15) is 0 Å². The van der Waals surface area contributed by atoms with E-state index >= 15 is 0 Å². The summed E-state index contributed by atoms with van der Waals surface area (Å²) in [7, 11) is 0. The summed E-state index contributed by atoms with van der Waals surface area (Å²) in [4.78, 5) is 21.2. The van der Waals surface area contributed by atoms with Crippen LogP contribution in [0.15, 0.2) is 0 Å². The smallest absolute Gasteiger partial charge is 0.408 e. The number of alkyl carbamates (subject to hydrolysis) is 1. The average molecular weight is 143 g/mol. The van der Waals surface area contributed by atoms with Crippen LogP contribution in [0.1, 0.15) is 13.8 Å². The maximum atomic E-state index is 10.7. The summed E-state index contributed by atoms with van der Waals surface area (Å²) in [6, 6.07) is -0.451. The molecule has 1 fully saturated rings. The number of amides is 1. The Morgan fingerprint density at radius 1 is 1.70 bits per heavy atom. The average Bonchev–Trinajstić information content (AvgIpc) is 2.10. The first kappa shape index (κ1) is 7.05. The molecule has 1 rings (SSSR count). The fourth-order valence-corrected chi connectivity index (χ4v) is 0.947. The molecule has 1 heterocycles. The van der Waals surface area contributed by atoms with Gasteiger partial charge in [0.15, 0.2) is 5.78 Å². The molecular weight excluding hydrogens is 134 g/mol. The van der Waals surface area contributed by atoms with Gasteiger partial charge in [-0.1, -0.05) is 0 Å². The summed E-state index contributed by atoms with van der Waals surface area (Å²) in [5.74, 6) is -0.0710. The maximum absolute atomic E-state index is 10.7. The molecule has 0 aromatic heterocycles. The minimum Gasteiger partial charge on any atom is -0.444 e. The second-order valence-corrected chi connectivity index (χ2v) is 2.34. The molecule has 1 aliphatic rings. The number of carbonyl (C=O) groups is 2. The number of ether oxygens (including phenoxy) is 1. The van der Waals surface area contributed by atoms with Crippen molar-refractivity contribution < 1.29 is 14.3 Å². The molecule has 0 unspecified atom stereocenters. The van der Waals surface area contributed by atoms with Crippen LogP contribution in [0, 0.1) is 0 Å². The fraction of sp³-hybridized carbons (Fsp3) is 0.667. The largest absolute Gasteiger partial charge is 0.444 e. The van der Waals surface area contributed by atoms with Crippen LogP contribution in [0.5, 0.6) is 0 Å². The van der Waals surface area contributed by atoms with Gasteiger partial charge in [-0.05, 0) is 13.8 Å². The van der Waals surface area contributed by atoms with Gasteiger partial charge in [-0.25, -0.2) is 4.79 Å². The Labute approximate surface area is 58.5 Å². The molecule has 1 aliphatic heterocycles. The van der Waals surface area contributed by atoms with Gasteiger partial charge in [-0.15, -0.1) is 0 Å². The van der Waals surface area contributed by atoms with Crippen LogP contribution in [0.4, 0.5) is 4.79 Å². The van der Waals surface area contributed by atoms with Gasteiger partial charge >= 0.3 is 6.09 Å². The first-order valence-corrected chi connectivity index (χ1v) is 3.09. The van der Waals surface area contributed by atoms with E-state index in [0.29, 0.717) is 0 Å². The molecule has 0 radical (unpaired) electrons. The topological polar surface area (TPSA) is 55.4 Å². The van der Waals surface area contributed by atoms with Gasteiger partial charge in [-0.3, -0.25) is 4.79 Å². The van der Waals surface area contributed by atoms with Crippen molar-refractivity contribution >= 4 is 11.9 Å². The molecule has 0 aromatic carbocycles. The van der Waals surface area contributed by atoms with Crippen LogP contribution in [-0.2, 0) is 9.53 Å². The number of rotatable bonds is 1. The fourth-order valence-electron chi connectivity index (χ4n) is 0.947. The van der Waals surface area contributed by atoms with E-state index in [1.807, 2.05) is 0 Å². The number of carbonyl (C=O) groups excluding carboxylic acids is 2. The van der Waals surface area contributed by atoms with E-state index in [-0.39, 0.29) is 11.9 Å². The Bertz CT molecular complexity index is 178. The third-order valence-electron chi connectivity index (χ3n) is 1.47. The lowest BCUT2D eigenvalue weighted by Crippen LogP contribution is -2.36. The summed E-state index contributed by atoms with van der Waals surface area (Å²) in [5, 5.41) is 2.39. The highest BCUT2D eigenvalue weighted by atomic mass is 16.6. The maximum Gasteiger partial charge on any atom is 0.408 e. The van der Waals surface area contributed by atoms with E-state index in [4.69, 9.17) is 0 Å². The van der Waals surface area contributed by atoms with Gasteiger partial charge in [0.1, 0.15) is 12.1 Å². The van der Waals surface area contributed by atoms with E-state index in [0.717, 1.165) is 0 Å². The van der Waals surface area contributed by atoms with Crippen molar-refractivity contribution in [3.8, 4) is 0 Å². The van der Waals surface area contributed by atoms with E-state index in [9.17, 15) is 9.59 Å². The van der Waals surface area contributed by atoms with E-state index in [1.165, 1.54) is 6.92 Å². The number of nitrogens with one attached hydrogen (secondary N) is 1. The van der Waals surface area contributed by atoms with Crippen molar-refractivity contribution in [1.29, 1.82) is 0 Å². The van der Waals surface area contributed by atoms with Crippen molar-refractivity contribution in [3.05, 3.63) is 0 Å². The van der Waals surface area contributed by atoms with Gasteiger partial charge in [0, 0.05) is 0 Å². The normalized spacial score (nSPS) is 31.2. The zero-order valence-electron chi connectivity index (χ0n) is 5.88. The van der Waals surface area contributed by atoms with Crippen LogP contribution in [0.2, 0.25) is 0 Å². The standard InChI is InChI=1S/C6H9NO3/c1-3(8)5-4(2)10-6(9)7-5/h4-5H,1-2H3,(H,7,9)/t4-,5+/m1/s1. The molecule has 0 spiro atoms. The Balaban J connectivity index is 2.63. The molecule has 0 aromatic rings. The van der Waals surface area contributed by atoms with Crippen LogP contribution >= 0.6 is 0 Å². The number of hydrogen-bond donors (Lipinski definition) is 1. The lowest BCUT2D eigenvalue weighted by molar-refractivity contribution is -0.119. The van der Waals surface area contributed by atoms with Gasteiger partial charge in [0.25, 0.3) is 0 Å². The lowest BCUT2D eigenvalue weighted by Gasteiger charge is -2.06. The van der Waals surface area contributed by atoms with Crippen molar-refractivity contribution in [3.63, 3.8) is 0 Å². The molecule has 1 saturated heterocycles. The summed E-state index contributed by atoms with van der Waals surface area (Å²) in [6.07, 6.45) is -0.835. The van der Waals surface area contributed by atoms with Crippen molar-refractivity contribution in [2.24, 2.45) is 0 Å². The Hall–Kier alpha value is -1.06. The van der Waals surface area contributed by atoms with Gasteiger partial charge < -0.3 is 10.1 Å². The van der Waals surface area contributed by atoms with Crippen molar-refractivity contribution in [1.82, 2.24) is 5.32 Å². The molecule has 56 valence electrons. The highest BCUT2D eigenvalue weighted by Gasteiger charge is 2.33. The van der Waals surface area contributed by atoms with Crippen molar-refractivity contribution in [2.45, 2.75) is 26.0 Å². The SMILES string of the molecule is CC(=O)[C@@H]1NC(=O)O[C@@H]1C. The molecule has 4 nitrogen and oxygen atoms in total. The summed E-state index contributed by atoms with van der Waals surface area (Å²) >= 11 is 0. The van der Waals surface area contributed by atoms with Gasteiger partial charge in [0.05, 0.1) is 0 Å². The predicted molar refractivity (Wildman–Crippen MR) is 33.5 cm³/mol. The second kappa shape index (κ2) is 2.28. The summed E-state index contributed by atoms with van der Waals surface area (Å²) in [6.45, 7) is 3.11. The van der Waals surface area contributed by atoms with Crippen LogP contribution in [0.25, 0.3) is 0 Å². The lowest BCUT2D eigenvalue weighted by atomic mass is 10.1. The van der Waals surface area contributed by atoms with E-state index < -0.39 is 12.1 Å². The molecule has 1 N–H and O–H groups in total. The number of ketones is 1. The van der Waals surface area contributed by atoms with Crippen LogP contribution in [0.3, 0.4) is 0 Å². The molecule has 0 aliphatic carbocycles. The Morgan fingerprint density at radius 2 is 2.30 bits per heavy atom.